The van der Waals surface area contributed by atoms with Crippen LogP contribution in [0, 0.1) is 11.8 Å². The van der Waals surface area contributed by atoms with Crippen molar-refractivity contribution in [1.82, 2.24) is 15.1 Å². The molecular weight excluding hydrogens is 350 g/mol. The van der Waals surface area contributed by atoms with E-state index in [-0.39, 0.29) is 18.3 Å². The standard InChI is InChI=1S/C20H37N3O2.ClH/c1-15-12-19(4-8-21-15)20(24)23-10-6-18(7-11-23)5-9-22-13-16(2)25-17(3)14-22;/h15-19,21H,4-14H2,1-3H3;1H/t15-,16?,17?,19-;/m0./s1. The zero-order valence-electron chi connectivity index (χ0n) is 16.8. The molecule has 2 unspecified atom stereocenters. The van der Waals surface area contributed by atoms with E-state index < -0.39 is 0 Å². The molecule has 0 radical (unpaired) electrons. The molecule has 3 rings (SSSR count). The molecule has 3 aliphatic heterocycles. The first kappa shape index (κ1) is 21.9. The molecule has 5 nitrogen and oxygen atoms in total. The molecule has 3 saturated heterocycles. The van der Waals surface area contributed by atoms with Gasteiger partial charge in [-0.1, -0.05) is 0 Å². The van der Waals surface area contributed by atoms with Gasteiger partial charge in [-0.25, -0.2) is 0 Å². The van der Waals surface area contributed by atoms with Crippen LogP contribution in [0.1, 0.15) is 52.9 Å². The average molecular weight is 388 g/mol. The van der Waals surface area contributed by atoms with Crippen molar-refractivity contribution in [2.45, 2.75) is 71.1 Å². The summed E-state index contributed by atoms with van der Waals surface area (Å²) in [5.41, 5.74) is 0. The van der Waals surface area contributed by atoms with Crippen molar-refractivity contribution < 1.29 is 9.53 Å². The minimum atomic E-state index is 0. The van der Waals surface area contributed by atoms with Crippen molar-refractivity contribution >= 4 is 18.3 Å². The van der Waals surface area contributed by atoms with Crippen LogP contribution in [0.15, 0.2) is 0 Å². The second-order valence-electron chi connectivity index (χ2n) is 8.65. The van der Waals surface area contributed by atoms with Crippen molar-refractivity contribution in [3.63, 3.8) is 0 Å². The van der Waals surface area contributed by atoms with Gasteiger partial charge >= 0.3 is 0 Å². The third-order valence-electron chi connectivity index (χ3n) is 6.25. The molecule has 4 atom stereocenters. The fourth-order valence-corrected chi connectivity index (χ4v) is 4.89. The molecule has 26 heavy (non-hydrogen) atoms. The molecule has 3 aliphatic rings. The number of morpholine rings is 1. The Hall–Kier alpha value is -0.360. The minimum Gasteiger partial charge on any atom is -0.373 e. The molecule has 0 aromatic rings. The predicted molar refractivity (Wildman–Crippen MR) is 108 cm³/mol. The fraction of sp³-hybridized carbons (Fsp3) is 0.950. The summed E-state index contributed by atoms with van der Waals surface area (Å²) < 4.78 is 5.82. The van der Waals surface area contributed by atoms with Crippen LogP contribution >= 0.6 is 12.4 Å². The predicted octanol–water partition coefficient (Wildman–Crippen LogP) is 2.53. The molecule has 0 spiro atoms. The summed E-state index contributed by atoms with van der Waals surface area (Å²) in [4.78, 5) is 17.5. The molecule has 0 aromatic heterocycles. The van der Waals surface area contributed by atoms with Crippen LogP contribution in [0.4, 0.5) is 0 Å². The summed E-state index contributed by atoms with van der Waals surface area (Å²) in [5.74, 6) is 1.45. The van der Waals surface area contributed by atoms with Crippen molar-refractivity contribution in [3.05, 3.63) is 0 Å². The van der Waals surface area contributed by atoms with Gasteiger partial charge in [-0.15, -0.1) is 12.4 Å². The van der Waals surface area contributed by atoms with E-state index >= 15 is 0 Å². The molecule has 0 bridgehead atoms. The molecule has 0 aromatic carbocycles. The third kappa shape index (κ3) is 6.08. The number of hydrogen-bond acceptors (Lipinski definition) is 4. The monoisotopic (exact) mass is 387 g/mol. The first-order valence-electron chi connectivity index (χ1n) is 10.4. The summed E-state index contributed by atoms with van der Waals surface area (Å²) in [6.07, 6.45) is 6.36. The van der Waals surface area contributed by atoms with Gasteiger partial charge in [-0.05, 0) is 71.9 Å². The van der Waals surface area contributed by atoms with E-state index in [9.17, 15) is 4.79 Å². The van der Waals surface area contributed by atoms with Crippen molar-refractivity contribution in [1.29, 1.82) is 0 Å². The molecule has 0 saturated carbocycles. The van der Waals surface area contributed by atoms with Gasteiger partial charge in [0.15, 0.2) is 0 Å². The van der Waals surface area contributed by atoms with Gasteiger partial charge in [0.05, 0.1) is 12.2 Å². The summed E-state index contributed by atoms with van der Waals surface area (Å²) in [5, 5.41) is 3.45. The van der Waals surface area contributed by atoms with Crippen molar-refractivity contribution in [3.8, 4) is 0 Å². The lowest BCUT2D eigenvalue weighted by Gasteiger charge is -2.38. The number of ether oxygens (including phenoxy) is 1. The SMILES string of the molecule is CC1CN(CCC2CCN(C(=O)[C@H]3CCN[C@@H](C)C3)CC2)CC(C)O1.Cl. The van der Waals surface area contributed by atoms with E-state index in [0.29, 0.717) is 24.2 Å². The highest BCUT2D eigenvalue weighted by atomic mass is 35.5. The lowest BCUT2D eigenvalue weighted by Crippen LogP contribution is -2.47. The molecule has 0 aliphatic carbocycles. The van der Waals surface area contributed by atoms with Gasteiger partial charge in [0.25, 0.3) is 0 Å². The quantitative estimate of drug-likeness (QED) is 0.805. The Morgan fingerprint density at radius 2 is 1.73 bits per heavy atom. The largest absolute Gasteiger partial charge is 0.373 e. The Labute approximate surface area is 165 Å². The van der Waals surface area contributed by atoms with E-state index in [1.165, 1.54) is 25.8 Å². The number of carbonyl (C=O) groups excluding carboxylic acids is 1. The lowest BCUT2D eigenvalue weighted by molar-refractivity contribution is -0.138. The maximum absolute atomic E-state index is 12.8. The van der Waals surface area contributed by atoms with Crippen LogP contribution < -0.4 is 5.32 Å². The van der Waals surface area contributed by atoms with Crippen LogP contribution in [-0.4, -0.2) is 73.2 Å². The van der Waals surface area contributed by atoms with Crippen LogP contribution in [-0.2, 0) is 9.53 Å². The molecule has 3 fully saturated rings. The van der Waals surface area contributed by atoms with Crippen LogP contribution in [0.5, 0.6) is 0 Å². The number of carbonyl (C=O) groups is 1. The average Bonchev–Trinajstić information content (AvgIpc) is 2.59. The van der Waals surface area contributed by atoms with Crippen molar-refractivity contribution in [2.24, 2.45) is 11.8 Å². The number of piperidine rings is 2. The minimum absolute atomic E-state index is 0. The van der Waals surface area contributed by atoms with Crippen LogP contribution in [0.2, 0.25) is 0 Å². The normalized spacial score (nSPS) is 34.3. The number of amides is 1. The van der Waals surface area contributed by atoms with Crippen molar-refractivity contribution in [2.75, 3.05) is 39.3 Å². The van der Waals surface area contributed by atoms with E-state index in [2.05, 4.69) is 35.9 Å². The smallest absolute Gasteiger partial charge is 0.225 e. The first-order chi connectivity index (χ1) is 12.0. The Morgan fingerprint density at radius 3 is 2.35 bits per heavy atom. The second kappa shape index (κ2) is 10.3. The van der Waals surface area contributed by atoms with Crippen LogP contribution in [0.3, 0.4) is 0 Å². The van der Waals surface area contributed by atoms with Gasteiger partial charge in [0.2, 0.25) is 5.91 Å². The molecular formula is C20H38ClN3O2. The van der Waals surface area contributed by atoms with Gasteiger partial charge in [0.1, 0.15) is 0 Å². The molecule has 3 heterocycles. The van der Waals surface area contributed by atoms with Gasteiger partial charge in [-0.3, -0.25) is 9.69 Å². The Bertz CT molecular complexity index is 433. The Kier molecular flexibility index (Phi) is 8.65. The topological polar surface area (TPSA) is 44.8 Å². The Morgan fingerprint density at radius 1 is 1.08 bits per heavy atom. The summed E-state index contributed by atoms with van der Waals surface area (Å²) >= 11 is 0. The maximum atomic E-state index is 12.8. The summed E-state index contributed by atoms with van der Waals surface area (Å²) in [6.45, 7) is 12.8. The molecule has 6 heteroatoms. The molecule has 1 amide bonds. The van der Waals surface area contributed by atoms with E-state index in [1.807, 2.05) is 0 Å². The lowest BCUT2D eigenvalue weighted by atomic mass is 9.89. The fourth-order valence-electron chi connectivity index (χ4n) is 4.89. The second-order valence-corrected chi connectivity index (χ2v) is 8.65. The number of likely N-dealkylation sites (tertiary alicyclic amines) is 1. The molecule has 1 N–H and O–H groups in total. The number of rotatable bonds is 4. The van der Waals surface area contributed by atoms with E-state index in [4.69, 9.17) is 4.74 Å². The third-order valence-corrected chi connectivity index (χ3v) is 6.25. The highest BCUT2D eigenvalue weighted by molar-refractivity contribution is 5.85. The van der Waals surface area contributed by atoms with Gasteiger partial charge in [0, 0.05) is 38.1 Å². The van der Waals surface area contributed by atoms with Crippen LogP contribution in [0.25, 0.3) is 0 Å². The number of halogens is 1. The number of nitrogens with one attached hydrogen (secondary N) is 1. The first-order valence-corrected chi connectivity index (χ1v) is 10.4. The highest BCUT2D eigenvalue weighted by Crippen LogP contribution is 2.25. The number of hydrogen-bond donors (Lipinski definition) is 1. The summed E-state index contributed by atoms with van der Waals surface area (Å²) in [7, 11) is 0. The van der Waals surface area contributed by atoms with E-state index in [1.54, 1.807) is 0 Å². The maximum Gasteiger partial charge on any atom is 0.225 e. The van der Waals surface area contributed by atoms with Gasteiger partial charge < -0.3 is 15.0 Å². The highest BCUT2D eigenvalue weighted by Gasteiger charge is 2.31. The Balaban J connectivity index is 0.00000243. The zero-order valence-corrected chi connectivity index (χ0v) is 17.6. The zero-order chi connectivity index (χ0) is 17.8. The summed E-state index contributed by atoms with van der Waals surface area (Å²) in [6, 6.07) is 0.485. The van der Waals surface area contributed by atoms with Gasteiger partial charge in [-0.2, -0.15) is 0 Å². The molecule has 152 valence electrons. The van der Waals surface area contributed by atoms with E-state index in [0.717, 1.165) is 51.5 Å². The number of nitrogens with zero attached hydrogens (tertiary/aromatic N) is 2.